The van der Waals surface area contributed by atoms with E-state index < -0.39 is 46.8 Å². The van der Waals surface area contributed by atoms with Gasteiger partial charge in [0, 0.05) is 0 Å². The molecule has 0 aromatic heterocycles. The van der Waals surface area contributed by atoms with Crippen molar-refractivity contribution < 1.29 is 27.1 Å². The predicted octanol–water partition coefficient (Wildman–Crippen LogP) is 3.54. The zero-order valence-electron chi connectivity index (χ0n) is 9.35. The molecule has 0 saturated heterocycles. The third kappa shape index (κ3) is 2.19. The molecule has 0 heterocycles. The lowest BCUT2D eigenvalue weighted by molar-refractivity contribution is 0.263. The van der Waals surface area contributed by atoms with E-state index in [-0.39, 0.29) is 5.56 Å². The number of aliphatic hydroxyl groups is 1. The van der Waals surface area contributed by atoms with Gasteiger partial charge in [0.15, 0.2) is 23.3 Å². The van der Waals surface area contributed by atoms with Gasteiger partial charge in [0.2, 0.25) is 0 Å². The van der Waals surface area contributed by atoms with Gasteiger partial charge in [-0.05, 0) is 17.7 Å². The standard InChI is InChI=1S/C13H7F5O/c14-7-3-1-2-6(4-7)9-12(17)10(15)8(5-19)11(16)13(9)18/h1-4,19H,5H2. The van der Waals surface area contributed by atoms with Crippen LogP contribution >= 0.6 is 0 Å². The highest BCUT2D eigenvalue weighted by Gasteiger charge is 2.25. The summed E-state index contributed by atoms with van der Waals surface area (Å²) in [7, 11) is 0. The van der Waals surface area contributed by atoms with Crippen LogP contribution in [0.2, 0.25) is 0 Å². The van der Waals surface area contributed by atoms with Gasteiger partial charge in [-0.25, -0.2) is 22.0 Å². The first-order valence-corrected chi connectivity index (χ1v) is 5.19. The average molecular weight is 274 g/mol. The van der Waals surface area contributed by atoms with Crippen LogP contribution in [0.1, 0.15) is 5.56 Å². The summed E-state index contributed by atoms with van der Waals surface area (Å²) < 4.78 is 67.3. The highest BCUT2D eigenvalue weighted by atomic mass is 19.2. The van der Waals surface area contributed by atoms with E-state index in [4.69, 9.17) is 5.11 Å². The van der Waals surface area contributed by atoms with E-state index in [2.05, 4.69) is 0 Å². The molecule has 0 unspecified atom stereocenters. The predicted molar refractivity (Wildman–Crippen MR) is 57.6 cm³/mol. The van der Waals surface area contributed by atoms with Gasteiger partial charge in [0.05, 0.1) is 17.7 Å². The molecule has 100 valence electrons. The molecular weight excluding hydrogens is 267 g/mol. The van der Waals surface area contributed by atoms with Crippen molar-refractivity contribution in [3.8, 4) is 11.1 Å². The lowest BCUT2D eigenvalue weighted by Gasteiger charge is -2.10. The van der Waals surface area contributed by atoms with Crippen molar-refractivity contribution in [2.45, 2.75) is 6.61 Å². The SMILES string of the molecule is OCc1c(F)c(F)c(-c2cccc(F)c2)c(F)c1F. The Hall–Kier alpha value is -1.95. The van der Waals surface area contributed by atoms with Crippen LogP contribution in [0.5, 0.6) is 0 Å². The minimum Gasteiger partial charge on any atom is -0.391 e. The maximum Gasteiger partial charge on any atom is 0.170 e. The molecule has 1 N–H and O–H groups in total. The molecule has 0 fully saturated rings. The number of benzene rings is 2. The van der Waals surface area contributed by atoms with Gasteiger partial charge in [-0.2, -0.15) is 0 Å². The molecule has 2 rings (SSSR count). The lowest BCUT2D eigenvalue weighted by Crippen LogP contribution is -2.06. The average Bonchev–Trinajstić information content (AvgIpc) is 2.38. The Morgan fingerprint density at radius 1 is 0.842 bits per heavy atom. The van der Waals surface area contributed by atoms with Gasteiger partial charge in [-0.3, -0.25) is 0 Å². The monoisotopic (exact) mass is 274 g/mol. The summed E-state index contributed by atoms with van der Waals surface area (Å²) in [5, 5.41) is 8.68. The molecule has 0 radical (unpaired) electrons. The minimum atomic E-state index is -1.69. The van der Waals surface area contributed by atoms with Crippen molar-refractivity contribution in [3.63, 3.8) is 0 Å². The number of hydrogen-bond donors (Lipinski definition) is 1. The quantitative estimate of drug-likeness (QED) is 0.656. The van der Waals surface area contributed by atoms with Crippen molar-refractivity contribution in [1.29, 1.82) is 0 Å². The fourth-order valence-corrected chi connectivity index (χ4v) is 1.71. The summed E-state index contributed by atoms with van der Waals surface area (Å²) in [4.78, 5) is 0. The van der Waals surface area contributed by atoms with Crippen molar-refractivity contribution >= 4 is 0 Å². The summed E-state index contributed by atoms with van der Waals surface area (Å²) in [6.07, 6.45) is 0. The Bertz CT molecular complexity index is 610. The molecule has 0 amide bonds. The first-order valence-electron chi connectivity index (χ1n) is 5.19. The number of halogens is 5. The number of rotatable bonds is 2. The van der Waals surface area contributed by atoms with Crippen molar-refractivity contribution in [1.82, 2.24) is 0 Å². The van der Waals surface area contributed by atoms with Crippen LogP contribution in [0.15, 0.2) is 24.3 Å². The summed E-state index contributed by atoms with van der Waals surface area (Å²) in [6.45, 7) is -1.19. The van der Waals surface area contributed by atoms with Crippen LogP contribution in [-0.2, 0) is 6.61 Å². The second-order valence-electron chi connectivity index (χ2n) is 3.78. The van der Waals surface area contributed by atoms with Crippen molar-refractivity contribution in [2.75, 3.05) is 0 Å². The Balaban J connectivity index is 2.78. The zero-order chi connectivity index (χ0) is 14.2. The zero-order valence-corrected chi connectivity index (χ0v) is 9.35. The maximum atomic E-state index is 13.7. The van der Waals surface area contributed by atoms with E-state index in [0.717, 1.165) is 24.3 Å². The van der Waals surface area contributed by atoms with Crippen LogP contribution in [0.25, 0.3) is 11.1 Å². The smallest absolute Gasteiger partial charge is 0.170 e. The first kappa shape index (κ1) is 13.5. The normalized spacial score (nSPS) is 10.8. The third-order valence-electron chi connectivity index (χ3n) is 2.63. The van der Waals surface area contributed by atoms with Crippen LogP contribution in [-0.4, -0.2) is 5.11 Å². The largest absolute Gasteiger partial charge is 0.391 e. The van der Waals surface area contributed by atoms with E-state index >= 15 is 0 Å². The summed E-state index contributed by atoms with van der Waals surface area (Å²) in [5.41, 5.74) is -2.45. The minimum absolute atomic E-state index is 0.336. The molecule has 0 atom stereocenters. The molecule has 0 aliphatic rings. The Morgan fingerprint density at radius 3 is 1.89 bits per heavy atom. The molecule has 2 aromatic rings. The number of hydrogen-bond acceptors (Lipinski definition) is 1. The Kier molecular flexibility index (Phi) is 3.53. The Labute approximate surface area is 104 Å². The highest BCUT2D eigenvalue weighted by molar-refractivity contribution is 5.65. The molecule has 0 aliphatic heterocycles. The van der Waals surface area contributed by atoms with Crippen LogP contribution < -0.4 is 0 Å². The molecule has 6 heteroatoms. The van der Waals surface area contributed by atoms with Crippen LogP contribution in [0.3, 0.4) is 0 Å². The molecule has 1 nitrogen and oxygen atoms in total. The fourth-order valence-electron chi connectivity index (χ4n) is 1.71. The topological polar surface area (TPSA) is 20.2 Å². The second-order valence-corrected chi connectivity index (χ2v) is 3.78. The molecular formula is C13H7F5O. The van der Waals surface area contributed by atoms with Crippen molar-refractivity contribution in [2.24, 2.45) is 0 Å². The molecule has 0 bridgehead atoms. The molecule has 19 heavy (non-hydrogen) atoms. The summed E-state index contributed by atoms with van der Waals surface area (Å²) >= 11 is 0. The van der Waals surface area contributed by atoms with Crippen LogP contribution in [0, 0.1) is 29.1 Å². The van der Waals surface area contributed by atoms with E-state index in [0.29, 0.717) is 0 Å². The first-order chi connectivity index (χ1) is 8.97. The summed E-state index contributed by atoms with van der Waals surface area (Å²) in [6, 6.07) is 4.04. The van der Waals surface area contributed by atoms with Crippen molar-refractivity contribution in [3.05, 3.63) is 58.9 Å². The lowest BCUT2D eigenvalue weighted by atomic mass is 10.0. The van der Waals surface area contributed by atoms with E-state index in [9.17, 15) is 22.0 Å². The van der Waals surface area contributed by atoms with Gasteiger partial charge in [0.25, 0.3) is 0 Å². The Morgan fingerprint density at radius 2 is 1.42 bits per heavy atom. The van der Waals surface area contributed by atoms with Gasteiger partial charge in [0.1, 0.15) is 5.82 Å². The van der Waals surface area contributed by atoms with Crippen LogP contribution in [0.4, 0.5) is 22.0 Å². The molecule has 2 aromatic carbocycles. The van der Waals surface area contributed by atoms with E-state index in [1.165, 1.54) is 0 Å². The van der Waals surface area contributed by atoms with Gasteiger partial charge in [-0.1, -0.05) is 12.1 Å². The second kappa shape index (κ2) is 4.97. The van der Waals surface area contributed by atoms with Gasteiger partial charge < -0.3 is 5.11 Å². The molecule has 0 saturated carbocycles. The van der Waals surface area contributed by atoms with Gasteiger partial charge >= 0.3 is 0 Å². The van der Waals surface area contributed by atoms with E-state index in [1.807, 2.05) is 0 Å². The molecule has 0 aliphatic carbocycles. The highest BCUT2D eigenvalue weighted by Crippen LogP contribution is 2.32. The fraction of sp³-hybridized carbons (Fsp3) is 0.0769. The van der Waals surface area contributed by atoms with Gasteiger partial charge in [-0.15, -0.1) is 0 Å². The number of aliphatic hydroxyl groups excluding tert-OH is 1. The van der Waals surface area contributed by atoms with E-state index in [1.54, 1.807) is 0 Å². The summed E-state index contributed by atoms with van der Waals surface area (Å²) in [5.74, 6) is -7.54. The molecule has 0 spiro atoms. The maximum absolute atomic E-state index is 13.7. The third-order valence-corrected chi connectivity index (χ3v) is 2.63.